The number of amides is 1. The van der Waals surface area contributed by atoms with E-state index in [1.165, 1.54) is 6.07 Å². The molecule has 1 aliphatic carbocycles. The van der Waals surface area contributed by atoms with Crippen molar-refractivity contribution in [3.05, 3.63) is 65.0 Å². The standard InChI is InChI=1S/C21H19F6NO2/c1-12(15-4-2-13(22)9-18(15)24)8-19(29)28-20(6-7-20)16-10-14(3-5-17(16)23)30-11-21(25,26)27/h2-5,9-10,12H,6-8,11H2,1H3,(H,28,29). The lowest BCUT2D eigenvalue weighted by Crippen LogP contribution is -2.36. The van der Waals surface area contributed by atoms with Gasteiger partial charge in [-0.15, -0.1) is 0 Å². The van der Waals surface area contributed by atoms with E-state index in [9.17, 15) is 31.1 Å². The molecule has 3 nitrogen and oxygen atoms in total. The number of hydrogen-bond acceptors (Lipinski definition) is 2. The van der Waals surface area contributed by atoms with Crippen molar-refractivity contribution < 1.29 is 35.9 Å². The molecule has 1 unspecified atom stereocenters. The number of hydrogen-bond donors (Lipinski definition) is 1. The SMILES string of the molecule is CC(CC(=O)NC1(c2cc(OCC(F)(F)F)ccc2F)CC1)c1ccc(F)cc1F. The molecule has 1 amide bonds. The summed E-state index contributed by atoms with van der Waals surface area (Å²) >= 11 is 0. The van der Waals surface area contributed by atoms with Gasteiger partial charge in [-0.25, -0.2) is 13.2 Å². The van der Waals surface area contributed by atoms with Gasteiger partial charge in [0.2, 0.25) is 5.91 Å². The Kier molecular flexibility index (Phi) is 6.01. The van der Waals surface area contributed by atoms with E-state index < -0.39 is 47.6 Å². The Labute approximate surface area is 169 Å². The molecule has 30 heavy (non-hydrogen) atoms. The van der Waals surface area contributed by atoms with E-state index in [-0.39, 0.29) is 23.3 Å². The number of ether oxygens (including phenoxy) is 1. The molecule has 0 radical (unpaired) electrons. The molecule has 1 atom stereocenters. The molecule has 2 aromatic rings. The Hall–Kier alpha value is -2.71. The molecule has 0 heterocycles. The van der Waals surface area contributed by atoms with Crippen LogP contribution in [0.5, 0.6) is 5.75 Å². The Bertz CT molecular complexity index is 940. The molecule has 1 saturated carbocycles. The zero-order valence-electron chi connectivity index (χ0n) is 16.0. The van der Waals surface area contributed by atoms with Crippen LogP contribution in [-0.2, 0) is 10.3 Å². The monoisotopic (exact) mass is 431 g/mol. The van der Waals surface area contributed by atoms with Gasteiger partial charge in [-0.05, 0) is 48.6 Å². The molecule has 1 aliphatic rings. The van der Waals surface area contributed by atoms with E-state index in [2.05, 4.69) is 10.1 Å². The summed E-state index contributed by atoms with van der Waals surface area (Å²) in [6.07, 6.45) is -3.86. The number of halogens is 6. The van der Waals surface area contributed by atoms with E-state index >= 15 is 0 Å². The van der Waals surface area contributed by atoms with Crippen molar-refractivity contribution in [2.24, 2.45) is 0 Å². The van der Waals surface area contributed by atoms with Crippen LogP contribution < -0.4 is 10.1 Å². The van der Waals surface area contributed by atoms with Gasteiger partial charge in [0, 0.05) is 18.1 Å². The maximum absolute atomic E-state index is 14.3. The maximum Gasteiger partial charge on any atom is 0.422 e. The lowest BCUT2D eigenvalue weighted by atomic mass is 9.96. The summed E-state index contributed by atoms with van der Waals surface area (Å²) in [5.74, 6) is -3.38. The zero-order chi connectivity index (χ0) is 22.1. The molecule has 3 rings (SSSR count). The van der Waals surface area contributed by atoms with Gasteiger partial charge >= 0.3 is 6.18 Å². The predicted octanol–water partition coefficient (Wildman–Crippen LogP) is 5.34. The highest BCUT2D eigenvalue weighted by Gasteiger charge is 2.47. The molecule has 1 fully saturated rings. The summed E-state index contributed by atoms with van der Waals surface area (Å²) in [5, 5.41) is 2.70. The van der Waals surface area contributed by atoms with Crippen LogP contribution in [-0.4, -0.2) is 18.7 Å². The molecule has 0 bridgehead atoms. The number of carbonyl (C=O) groups is 1. The van der Waals surface area contributed by atoms with Crippen molar-refractivity contribution in [2.45, 2.75) is 43.8 Å². The molecule has 0 spiro atoms. The number of benzene rings is 2. The highest BCUT2D eigenvalue weighted by Crippen LogP contribution is 2.47. The maximum atomic E-state index is 14.3. The summed E-state index contributed by atoms with van der Waals surface area (Å²) < 4.78 is 83.0. The first-order valence-corrected chi connectivity index (χ1v) is 9.25. The second-order valence-electron chi connectivity index (χ2n) is 7.45. The number of alkyl halides is 3. The van der Waals surface area contributed by atoms with Gasteiger partial charge < -0.3 is 10.1 Å². The smallest absolute Gasteiger partial charge is 0.422 e. The van der Waals surface area contributed by atoms with Crippen LogP contribution in [0.4, 0.5) is 26.3 Å². The molecule has 0 aliphatic heterocycles. The average molecular weight is 431 g/mol. The highest BCUT2D eigenvalue weighted by molar-refractivity contribution is 5.78. The molecule has 2 aromatic carbocycles. The third-order valence-corrected chi connectivity index (χ3v) is 4.97. The number of nitrogens with one attached hydrogen (secondary N) is 1. The summed E-state index contributed by atoms with van der Waals surface area (Å²) in [5.41, 5.74) is -0.832. The van der Waals surface area contributed by atoms with Crippen molar-refractivity contribution in [3.63, 3.8) is 0 Å². The predicted molar refractivity (Wildman–Crippen MR) is 96.4 cm³/mol. The van der Waals surface area contributed by atoms with Crippen LogP contribution in [0.1, 0.15) is 43.2 Å². The van der Waals surface area contributed by atoms with Crippen molar-refractivity contribution in [3.8, 4) is 5.75 Å². The van der Waals surface area contributed by atoms with Gasteiger partial charge in [-0.2, -0.15) is 13.2 Å². The summed E-state index contributed by atoms with van der Waals surface area (Å²) in [6, 6.07) is 6.31. The number of rotatable bonds is 7. The molecule has 0 aromatic heterocycles. The first kappa shape index (κ1) is 22.0. The summed E-state index contributed by atoms with van der Waals surface area (Å²) in [7, 11) is 0. The zero-order valence-corrected chi connectivity index (χ0v) is 16.0. The van der Waals surface area contributed by atoms with E-state index in [0.29, 0.717) is 12.8 Å². The van der Waals surface area contributed by atoms with Crippen LogP contribution in [0.3, 0.4) is 0 Å². The van der Waals surface area contributed by atoms with Crippen LogP contribution in [0.2, 0.25) is 0 Å². The van der Waals surface area contributed by atoms with Gasteiger partial charge in [0.1, 0.15) is 23.2 Å². The number of carbonyl (C=O) groups excluding carboxylic acids is 1. The minimum absolute atomic E-state index is 0.0381. The van der Waals surface area contributed by atoms with Gasteiger partial charge in [0.15, 0.2) is 6.61 Å². The van der Waals surface area contributed by atoms with Crippen molar-refractivity contribution in [1.29, 1.82) is 0 Å². The Balaban J connectivity index is 1.69. The molecule has 9 heteroatoms. The second-order valence-corrected chi connectivity index (χ2v) is 7.45. The van der Waals surface area contributed by atoms with E-state index in [0.717, 1.165) is 30.3 Å². The fourth-order valence-electron chi connectivity index (χ4n) is 3.32. The quantitative estimate of drug-likeness (QED) is 0.601. The molecular formula is C21H19F6NO2. The van der Waals surface area contributed by atoms with Gasteiger partial charge in [-0.1, -0.05) is 13.0 Å². The first-order chi connectivity index (χ1) is 14.0. The third-order valence-electron chi connectivity index (χ3n) is 4.97. The topological polar surface area (TPSA) is 38.3 Å². The molecule has 1 N–H and O–H groups in total. The van der Waals surface area contributed by atoms with Crippen molar-refractivity contribution in [1.82, 2.24) is 5.32 Å². The van der Waals surface area contributed by atoms with Gasteiger partial charge in [0.25, 0.3) is 0 Å². The highest BCUT2D eigenvalue weighted by atomic mass is 19.4. The molecule has 0 saturated heterocycles. The summed E-state index contributed by atoms with van der Waals surface area (Å²) in [6.45, 7) is 0.0832. The van der Waals surface area contributed by atoms with E-state index in [1.807, 2.05) is 0 Å². The minimum atomic E-state index is -4.54. The summed E-state index contributed by atoms with van der Waals surface area (Å²) in [4.78, 5) is 12.5. The van der Waals surface area contributed by atoms with Crippen LogP contribution in [0, 0.1) is 17.5 Å². The van der Waals surface area contributed by atoms with Gasteiger partial charge in [-0.3, -0.25) is 4.79 Å². The average Bonchev–Trinajstić information content (AvgIpc) is 3.40. The van der Waals surface area contributed by atoms with Crippen LogP contribution in [0.15, 0.2) is 36.4 Å². The van der Waals surface area contributed by atoms with Gasteiger partial charge in [0.05, 0.1) is 5.54 Å². The van der Waals surface area contributed by atoms with Crippen molar-refractivity contribution in [2.75, 3.05) is 6.61 Å². The molecule has 162 valence electrons. The molecular weight excluding hydrogens is 412 g/mol. The normalized spacial score (nSPS) is 16.1. The Morgan fingerprint density at radius 2 is 1.80 bits per heavy atom. The first-order valence-electron chi connectivity index (χ1n) is 9.25. The third kappa shape index (κ3) is 5.25. The fraction of sp³-hybridized carbons (Fsp3) is 0.381. The van der Waals surface area contributed by atoms with Crippen LogP contribution >= 0.6 is 0 Å². The lowest BCUT2D eigenvalue weighted by Gasteiger charge is -2.21. The largest absolute Gasteiger partial charge is 0.484 e. The Morgan fingerprint density at radius 1 is 1.10 bits per heavy atom. The Morgan fingerprint density at radius 3 is 2.40 bits per heavy atom. The minimum Gasteiger partial charge on any atom is -0.484 e. The van der Waals surface area contributed by atoms with Crippen LogP contribution in [0.25, 0.3) is 0 Å². The fourth-order valence-corrected chi connectivity index (χ4v) is 3.32. The lowest BCUT2D eigenvalue weighted by molar-refractivity contribution is -0.153. The van der Waals surface area contributed by atoms with E-state index in [4.69, 9.17) is 0 Å². The van der Waals surface area contributed by atoms with E-state index in [1.54, 1.807) is 6.92 Å². The second kappa shape index (κ2) is 8.20. The van der Waals surface area contributed by atoms with Crippen molar-refractivity contribution >= 4 is 5.91 Å².